The highest BCUT2D eigenvalue weighted by atomic mass is 127. The summed E-state index contributed by atoms with van der Waals surface area (Å²) >= 11 is 0. The molecule has 0 saturated heterocycles. The van der Waals surface area contributed by atoms with Crippen LogP contribution >= 0.6 is 24.0 Å². The summed E-state index contributed by atoms with van der Waals surface area (Å²) in [4.78, 5) is 8.77. The number of ether oxygens (including phenoxy) is 1. The van der Waals surface area contributed by atoms with Crippen LogP contribution in [0, 0.1) is 5.92 Å². The Labute approximate surface area is 189 Å². The van der Waals surface area contributed by atoms with Gasteiger partial charge in [-0.2, -0.15) is 0 Å². The van der Waals surface area contributed by atoms with Crippen molar-refractivity contribution in [2.24, 2.45) is 10.9 Å². The number of aliphatic imine (C=N–C) groups is 1. The maximum atomic E-state index is 6.00. The van der Waals surface area contributed by atoms with Crippen molar-refractivity contribution in [3.05, 3.63) is 71.9 Å². The Balaban J connectivity index is 0.00000240. The average Bonchev–Trinajstić information content (AvgIpc) is 3.57. The number of benzene rings is 2. The summed E-state index contributed by atoms with van der Waals surface area (Å²) in [5.41, 5.74) is 3.34. The third-order valence-electron chi connectivity index (χ3n) is 5.00. The lowest BCUT2D eigenvalue weighted by molar-refractivity contribution is 0.296. The summed E-state index contributed by atoms with van der Waals surface area (Å²) in [5, 5.41) is 7.95. The first-order valence-corrected chi connectivity index (χ1v) is 9.81. The van der Waals surface area contributed by atoms with E-state index in [-0.39, 0.29) is 24.0 Å². The highest BCUT2D eigenvalue weighted by Crippen LogP contribution is 2.30. The second kappa shape index (κ2) is 10.4. The fourth-order valence-corrected chi connectivity index (χ4v) is 3.17. The van der Waals surface area contributed by atoms with Crippen molar-refractivity contribution < 1.29 is 4.74 Å². The van der Waals surface area contributed by atoms with E-state index in [1.165, 1.54) is 18.4 Å². The van der Waals surface area contributed by atoms with Gasteiger partial charge in [-0.25, -0.2) is 0 Å². The number of para-hydroxylation sites is 2. The van der Waals surface area contributed by atoms with E-state index in [1.807, 2.05) is 48.7 Å². The van der Waals surface area contributed by atoms with E-state index in [2.05, 4.69) is 32.7 Å². The van der Waals surface area contributed by atoms with Crippen molar-refractivity contribution in [2.45, 2.75) is 25.9 Å². The molecule has 1 aliphatic rings. The Morgan fingerprint density at radius 1 is 1.00 bits per heavy atom. The fraction of sp³-hybridized carbons (Fsp3) is 0.304. The van der Waals surface area contributed by atoms with Gasteiger partial charge >= 0.3 is 0 Å². The smallest absolute Gasteiger partial charge is 0.191 e. The molecular weight excluding hydrogens is 475 g/mol. The molecule has 6 heteroatoms. The number of guanidine groups is 1. The maximum Gasteiger partial charge on any atom is 0.191 e. The average molecular weight is 502 g/mol. The summed E-state index contributed by atoms with van der Waals surface area (Å²) in [7, 11) is 1.79. The second-order valence-corrected chi connectivity index (χ2v) is 7.13. The minimum Gasteiger partial charge on any atom is -0.493 e. The van der Waals surface area contributed by atoms with Gasteiger partial charge in [0, 0.05) is 37.3 Å². The molecule has 0 radical (unpaired) electrons. The molecule has 5 nitrogen and oxygen atoms in total. The number of fused-ring (bicyclic) bond motifs is 1. The molecule has 0 spiro atoms. The Kier molecular flexibility index (Phi) is 7.69. The number of pyridine rings is 1. The number of hydrogen-bond donors (Lipinski definition) is 2. The number of aromatic nitrogens is 1. The van der Waals surface area contributed by atoms with Crippen molar-refractivity contribution >= 4 is 40.8 Å². The number of rotatable bonds is 7. The Hall–Kier alpha value is -2.35. The molecule has 4 rings (SSSR count). The molecule has 3 aromatic rings. The summed E-state index contributed by atoms with van der Waals surface area (Å²) in [6.45, 7) is 2.17. The quantitative estimate of drug-likeness (QED) is 0.284. The minimum absolute atomic E-state index is 0. The zero-order valence-electron chi connectivity index (χ0n) is 16.6. The van der Waals surface area contributed by atoms with Crippen LogP contribution in [0.3, 0.4) is 0 Å². The normalized spacial score (nSPS) is 13.6. The first kappa shape index (κ1) is 21.4. The number of nitrogens with one attached hydrogen (secondary N) is 2. The van der Waals surface area contributed by atoms with Crippen LogP contribution in [0.2, 0.25) is 0 Å². The van der Waals surface area contributed by atoms with Gasteiger partial charge in [-0.3, -0.25) is 9.98 Å². The molecule has 152 valence electrons. The maximum absolute atomic E-state index is 6.00. The lowest BCUT2D eigenvalue weighted by Gasteiger charge is -2.15. The first-order valence-electron chi connectivity index (χ1n) is 9.81. The van der Waals surface area contributed by atoms with Gasteiger partial charge in [0.05, 0.1) is 12.1 Å². The third-order valence-corrected chi connectivity index (χ3v) is 5.00. The molecular formula is C23H27IN4O. The highest BCUT2D eigenvalue weighted by Gasteiger charge is 2.22. The summed E-state index contributed by atoms with van der Waals surface area (Å²) in [5.74, 6) is 2.46. The van der Waals surface area contributed by atoms with Crippen molar-refractivity contribution in [1.29, 1.82) is 0 Å². The molecule has 1 aliphatic carbocycles. The van der Waals surface area contributed by atoms with Gasteiger partial charge in [-0.05, 0) is 42.5 Å². The SMILES string of the molecule is CN=C(NCc1ccccc1OCC1CC1)NCc1ccnc2ccccc12.I. The molecule has 29 heavy (non-hydrogen) atoms. The monoisotopic (exact) mass is 502 g/mol. The van der Waals surface area contributed by atoms with E-state index in [4.69, 9.17) is 4.74 Å². The molecule has 0 atom stereocenters. The van der Waals surface area contributed by atoms with Gasteiger partial charge < -0.3 is 15.4 Å². The lowest BCUT2D eigenvalue weighted by atomic mass is 10.1. The summed E-state index contributed by atoms with van der Waals surface area (Å²) < 4.78 is 6.00. The van der Waals surface area contributed by atoms with Crippen LogP contribution in [-0.4, -0.2) is 24.6 Å². The van der Waals surface area contributed by atoms with Gasteiger partial charge in [0.1, 0.15) is 5.75 Å². The predicted octanol–water partition coefficient (Wildman–Crippen LogP) is 4.51. The zero-order valence-corrected chi connectivity index (χ0v) is 18.9. The van der Waals surface area contributed by atoms with Crippen molar-refractivity contribution in [3.8, 4) is 5.75 Å². The number of hydrogen-bond acceptors (Lipinski definition) is 3. The Morgan fingerprint density at radius 3 is 2.52 bits per heavy atom. The van der Waals surface area contributed by atoms with E-state index in [9.17, 15) is 0 Å². The van der Waals surface area contributed by atoms with Crippen molar-refractivity contribution in [3.63, 3.8) is 0 Å². The van der Waals surface area contributed by atoms with Crippen LogP contribution < -0.4 is 15.4 Å². The molecule has 1 aromatic heterocycles. The first-order chi connectivity index (χ1) is 13.8. The molecule has 2 aromatic carbocycles. The summed E-state index contributed by atoms with van der Waals surface area (Å²) in [6.07, 6.45) is 4.43. The third kappa shape index (κ3) is 5.82. The summed E-state index contributed by atoms with van der Waals surface area (Å²) in [6, 6.07) is 18.4. The molecule has 2 N–H and O–H groups in total. The standard InChI is InChI=1S/C23H26N4O.HI/c1-24-23(26-14-18-12-13-25-21-8-4-3-7-20(18)21)27-15-19-6-2-5-9-22(19)28-16-17-10-11-17;/h2-9,12-13,17H,10-11,14-16H2,1H3,(H2,24,26,27);1H. The van der Waals surface area contributed by atoms with Crippen LogP contribution in [0.5, 0.6) is 5.75 Å². The molecule has 1 saturated carbocycles. The molecule has 0 aliphatic heterocycles. The molecule has 1 fully saturated rings. The van der Waals surface area contributed by atoms with Gasteiger partial charge in [0.25, 0.3) is 0 Å². The Morgan fingerprint density at radius 2 is 1.72 bits per heavy atom. The van der Waals surface area contributed by atoms with Crippen LogP contribution in [0.15, 0.2) is 65.8 Å². The van der Waals surface area contributed by atoms with Gasteiger partial charge in [0.2, 0.25) is 0 Å². The van der Waals surface area contributed by atoms with Crippen LogP contribution in [0.4, 0.5) is 0 Å². The topological polar surface area (TPSA) is 58.5 Å². The Bertz CT molecular complexity index is 967. The van der Waals surface area contributed by atoms with Crippen LogP contribution in [0.1, 0.15) is 24.0 Å². The highest BCUT2D eigenvalue weighted by molar-refractivity contribution is 14.0. The lowest BCUT2D eigenvalue weighted by Crippen LogP contribution is -2.36. The molecule has 1 heterocycles. The molecule has 0 unspecified atom stereocenters. The van der Waals surface area contributed by atoms with Crippen LogP contribution in [-0.2, 0) is 13.1 Å². The zero-order chi connectivity index (χ0) is 19.2. The number of halogens is 1. The fourth-order valence-electron chi connectivity index (χ4n) is 3.17. The van der Waals surface area contributed by atoms with Crippen molar-refractivity contribution in [1.82, 2.24) is 15.6 Å². The second-order valence-electron chi connectivity index (χ2n) is 7.13. The van der Waals surface area contributed by atoms with Gasteiger partial charge in [0.15, 0.2) is 5.96 Å². The van der Waals surface area contributed by atoms with Crippen molar-refractivity contribution in [2.75, 3.05) is 13.7 Å². The minimum atomic E-state index is 0. The van der Waals surface area contributed by atoms with E-state index in [1.54, 1.807) is 7.05 Å². The van der Waals surface area contributed by atoms with E-state index in [0.717, 1.165) is 40.7 Å². The van der Waals surface area contributed by atoms with E-state index >= 15 is 0 Å². The predicted molar refractivity (Wildman–Crippen MR) is 129 cm³/mol. The van der Waals surface area contributed by atoms with E-state index in [0.29, 0.717) is 13.1 Å². The molecule has 0 amide bonds. The number of nitrogens with zero attached hydrogens (tertiary/aromatic N) is 2. The largest absolute Gasteiger partial charge is 0.493 e. The van der Waals surface area contributed by atoms with Gasteiger partial charge in [-0.15, -0.1) is 24.0 Å². The van der Waals surface area contributed by atoms with Gasteiger partial charge in [-0.1, -0.05) is 36.4 Å². The van der Waals surface area contributed by atoms with E-state index < -0.39 is 0 Å². The van der Waals surface area contributed by atoms with Crippen LogP contribution in [0.25, 0.3) is 10.9 Å². The molecule has 0 bridgehead atoms.